The third kappa shape index (κ3) is 6.55. The van der Waals surface area contributed by atoms with Crippen molar-refractivity contribution in [3.63, 3.8) is 0 Å². The van der Waals surface area contributed by atoms with Crippen LogP contribution in [0.3, 0.4) is 0 Å². The molecule has 1 saturated heterocycles. The molecule has 4 aromatic rings. The summed E-state index contributed by atoms with van der Waals surface area (Å²) in [4.78, 5) is 48.3. The molecule has 4 N–H and O–H groups in total. The van der Waals surface area contributed by atoms with Gasteiger partial charge in [0.05, 0.1) is 18.4 Å². The summed E-state index contributed by atoms with van der Waals surface area (Å²) in [7, 11) is 1.45. The van der Waals surface area contributed by atoms with Gasteiger partial charge in [-0.25, -0.2) is 18.9 Å². The van der Waals surface area contributed by atoms with Crippen LogP contribution in [0.4, 0.5) is 10.2 Å². The average Bonchev–Trinajstić information content (AvgIpc) is 3.41. The standard InChI is InChI=1S/C30H33FN8O4/c1-18(40)33-9-10-34-28(41)23-14-25(39-26(23)27(32)36-17-37-39)21-13-24(29(43-2)35-15-21)30(42)38-11-3-4-20(16-38)12-19-5-7-22(31)8-6-19/h5-8,13-15,17,20H,3-4,9-12,16H2,1-2H3,(H,33,40)(H,34,41)(H2,32,36,37)/t20-/m0/s1. The first kappa shape index (κ1) is 29.4. The number of anilines is 1. The Morgan fingerprint density at radius 3 is 2.60 bits per heavy atom. The predicted octanol–water partition coefficient (Wildman–Crippen LogP) is 2.48. The van der Waals surface area contributed by atoms with E-state index in [2.05, 4.69) is 25.7 Å². The second-order valence-corrected chi connectivity index (χ2v) is 10.5. The van der Waals surface area contributed by atoms with Crippen LogP contribution >= 0.6 is 0 Å². The van der Waals surface area contributed by atoms with E-state index in [1.54, 1.807) is 35.4 Å². The number of carbonyl (C=O) groups excluding carboxylic acids is 3. The summed E-state index contributed by atoms with van der Waals surface area (Å²) in [5.74, 6) is -0.606. The number of hydrogen-bond donors (Lipinski definition) is 3. The number of amides is 3. The monoisotopic (exact) mass is 588 g/mol. The molecule has 1 atom stereocenters. The molecule has 12 nitrogen and oxygen atoms in total. The molecule has 1 aliphatic rings. The van der Waals surface area contributed by atoms with Crippen molar-refractivity contribution in [1.29, 1.82) is 0 Å². The number of benzene rings is 1. The van der Waals surface area contributed by atoms with E-state index < -0.39 is 5.91 Å². The fraction of sp³-hybridized carbons (Fsp3) is 0.333. The van der Waals surface area contributed by atoms with E-state index in [-0.39, 0.29) is 59.5 Å². The number of piperidine rings is 1. The van der Waals surface area contributed by atoms with E-state index in [1.165, 1.54) is 37.0 Å². The van der Waals surface area contributed by atoms with Crippen molar-refractivity contribution in [2.24, 2.45) is 5.92 Å². The maximum Gasteiger partial charge on any atom is 0.259 e. The van der Waals surface area contributed by atoms with Crippen LogP contribution in [-0.4, -0.2) is 75.5 Å². The summed E-state index contributed by atoms with van der Waals surface area (Å²) in [5.41, 5.74) is 9.00. The Bertz CT molecular complexity index is 1660. The third-order valence-corrected chi connectivity index (χ3v) is 7.43. The topological polar surface area (TPSA) is 157 Å². The van der Waals surface area contributed by atoms with Crippen molar-refractivity contribution in [3.05, 3.63) is 71.4 Å². The summed E-state index contributed by atoms with van der Waals surface area (Å²) in [5, 5.41) is 9.70. The van der Waals surface area contributed by atoms with E-state index in [4.69, 9.17) is 10.5 Å². The van der Waals surface area contributed by atoms with Crippen molar-refractivity contribution in [3.8, 4) is 17.1 Å². The summed E-state index contributed by atoms with van der Waals surface area (Å²) < 4.78 is 20.3. The molecule has 0 saturated carbocycles. The molecule has 4 heterocycles. The molecule has 1 aromatic carbocycles. The minimum absolute atomic E-state index is 0.103. The van der Waals surface area contributed by atoms with E-state index >= 15 is 0 Å². The van der Waals surface area contributed by atoms with Crippen molar-refractivity contribution in [2.45, 2.75) is 26.2 Å². The van der Waals surface area contributed by atoms with Gasteiger partial charge in [0.2, 0.25) is 11.8 Å². The van der Waals surface area contributed by atoms with Gasteiger partial charge in [-0.15, -0.1) is 0 Å². The summed E-state index contributed by atoms with van der Waals surface area (Å²) in [6.45, 7) is 3.00. The molecule has 3 amide bonds. The Morgan fingerprint density at radius 2 is 1.86 bits per heavy atom. The van der Waals surface area contributed by atoms with Crippen molar-refractivity contribution >= 4 is 29.1 Å². The summed E-state index contributed by atoms with van der Waals surface area (Å²) >= 11 is 0. The van der Waals surface area contributed by atoms with Gasteiger partial charge in [-0.05, 0) is 55.0 Å². The molecule has 43 heavy (non-hydrogen) atoms. The molecule has 0 unspecified atom stereocenters. The van der Waals surface area contributed by atoms with Gasteiger partial charge in [0.1, 0.15) is 23.2 Å². The number of pyridine rings is 1. The Balaban J connectivity index is 1.42. The van der Waals surface area contributed by atoms with Crippen LogP contribution in [-0.2, 0) is 11.2 Å². The van der Waals surface area contributed by atoms with Crippen LogP contribution in [0.25, 0.3) is 16.8 Å². The van der Waals surface area contributed by atoms with Crippen molar-refractivity contribution < 1.29 is 23.5 Å². The lowest BCUT2D eigenvalue weighted by molar-refractivity contribution is -0.118. The van der Waals surface area contributed by atoms with Crippen LogP contribution in [0.15, 0.2) is 48.9 Å². The fourth-order valence-corrected chi connectivity index (χ4v) is 5.40. The van der Waals surface area contributed by atoms with Gasteiger partial charge in [-0.1, -0.05) is 12.1 Å². The molecule has 13 heteroatoms. The number of aromatic nitrogens is 4. The van der Waals surface area contributed by atoms with Crippen molar-refractivity contribution in [2.75, 3.05) is 39.0 Å². The van der Waals surface area contributed by atoms with Crippen LogP contribution in [0.2, 0.25) is 0 Å². The highest BCUT2D eigenvalue weighted by Gasteiger charge is 2.28. The van der Waals surface area contributed by atoms with Gasteiger partial charge in [-0.2, -0.15) is 5.10 Å². The van der Waals surface area contributed by atoms with Crippen molar-refractivity contribution in [1.82, 2.24) is 35.1 Å². The lowest BCUT2D eigenvalue weighted by Gasteiger charge is -2.33. The maximum absolute atomic E-state index is 13.8. The Hall–Kier alpha value is -5.07. The highest BCUT2D eigenvalue weighted by molar-refractivity contribution is 6.05. The van der Waals surface area contributed by atoms with Gasteiger partial charge in [-0.3, -0.25) is 14.4 Å². The molecule has 224 valence electrons. The minimum atomic E-state index is -0.422. The molecular weight excluding hydrogens is 555 g/mol. The van der Waals surface area contributed by atoms with E-state index in [0.29, 0.717) is 29.9 Å². The number of likely N-dealkylation sites (tertiary alicyclic amines) is 1. The molecule has 0 spiro atoms. The Labute approximate surface area is 247 Å². The number of nitrogens with two attached hydrogens (primary N) is 1. The number of methoxy groups -OCH3 is 1. The largest absolute Gasteiger partial charge is 0.480 e. The maximum atomic E-state index is 13.8. The third-order valence-electron chi connectivity index (χ3n) is 7.43. The van der Waals surface area contributed by atoms with Gasteiger partial charge in [0.15, 0.2) is 5.82 Å². The zero-order valence-electron chi connectivity index (χ0n) is 24.0. The molecular formula is C30H33FN8O4. The second-order valence-electron chi connectivity index (χ2n) is 10.5. The number of nitrogens with one attached hydrogen (secondary N) is 2. The second kappa shape index (κ2) is 12.8. The highest BCUT2D eigenvalue weighted by atomic mass is 19.1. The van der Waals surface area contributed by atoms with Crippen LogP contribution in [0, 0.1) is 11.7 Å². The SMILES string of the molecule is COc1ncc(-c2cc(C(=O)NCCNC(C)=O)c3c(N)ncnn23)cc1C(=O)N1CCC[C@@H](Cc2ccc(F)cc2)C1. The number of nitrogens with zero attached hydrogens (tertiary/aromatic N) is 5. The number of ether oxygens (including phenoxy) is 1. The van der Waals surface area contributed by atoms with E-state index in [1.807, 2.05) is 0 Å². The molecule has 0 aliphatic carbocycles. The summed E-state index contributed by atoms with van der Waals surface area (Å²) in [6, 6.07) is 9.76. The van der Waals surface area contributed by atoms with Gasteiger partial charge in [0, 0.05) is 44.9 Å². The number of nitrogen functional groups attached to an aromatic ring is 1. The number of fused-ring (bicyclic) bond motifs is 1. The predicted molar refractivity (Wildman–Crippen MR) is 157 cm³/mol. The van der Waals surface area contributed by atoms with Gasteiger partial charge >= 0.3 is 0 Å². The first-order chi connectivity index (χ1) is 20.7. The van der Waals surface area contributed by atoms with E-state index in [9.17, 15) is 18.8 Å². The smallest absolute Gasteiger partial charge is 0.259 e. The van der Waals surface area contributed by atoms with Crippen LogP contribution in [0.1, 0.15) is 46.0 Å². The summed E-state index contributed by atoms with van der Waals surface area (Å²) in [6.07, 6.45) is 5.37. The molecule has 3 aromatic heterocycles. The quantitative estimate of drug-likeness (QED) is 0.252. The Kier molecular flexibility index (Phi) is 8.79. The zero-order valence-corrected chi connectivity index (χ0v) is 24.0. The fourth-order valence-electron chi connectivity index (χ4n) is 5.40. The normalized spacial score (nSPS) is 14.9. The molecule has 1 fully saturated rings. The molecule has 0 radical (unpaired) electrons. The zero-order chi connectivity index (χ0) is 30.5. The first-order valence-electron chi connectivity index (χ1n) is 14.0. The number of carbonyl (C=O) groups is 3. The lowest BCUT2D eigenvalue weighted by atomic mass is 9.91. The number of halogens is 1. The average molecular weight is 589 g/mol. The first-order valence-corrected chi connectivity index (χ1v) is 14.0. The molecule has 1 aliphatic heterocycles. The minimum Gasteiger partial charge on any atom is -0.480 e. The molecule has 5 rings (SSSR count). The number of rotatable bonds is 9. The van der Waals surface area contributed by atoms with Crippen LogP contribution in [0.5, 0.6) is 5.88 Å². The highest BCUT2D eigenvalue weighted by Crippen LogP contribution is 2.31. The van der Waals surface area contributed by atoms with Gasteiger partial charge in [0.25, 0.3) is 11.8 Å². The van der Waals surface area contributed by atoms with Crippen LogP contribution < -0.4 is 21.1 Å². The van der Waals surface area contributed by atoms with Gasteiger partial charge < -0.3 is 26.0 Å². The molecule has 0 bridgehead atoms. The van der Waals surface area contributed by atoms with E-state index in [0.717, 1.165) is 24.8 Å². The Morgan fingerprint density at radius 1 is 1.09 bits per heavy atom. The lowest BCUT2D eigenvalue weighted by Crippen LogP contribution is -2.40. The number of hydrogen-bond acceptors (Lipinski definition) is 8.